The zero-order valence-electron chi connectivity index (χ0n) is 12.8. The fourth-order valence-electron chi connectivity index (χ4n) is 2.53. The van der Waals surface area contributed by atoms with Gasteiger partial charge in [-0.2, -0.15) is 0 Å². The van der Waals surface area contributed by atoms with Crippen molar-refractivity contribution in [1.29, 1.82) is 0 Å². The van der Waals surface area contributed by atoms with E-state index in [4.69, 9.17) is 37.4 Å². The Balaban J connectivity index is 1.77. The van der Waals surface area contributed by atoms with E-state index >= 15 is 0 Å². The number of aromatic nitrogens is 1. The van der Waals surface area contributed by atoms with Crippen LogP contribution in [0.15, 0.2) is 12.3 Å². The van der Waals surface area contributed by atoms with Crippen LogP contribution in [-0.2, 0) is 9.47 Å². The van der Waals surface area contributed by atoms with E-state index in [0.717, 1.165) is 22.2 Å². The second-order valence-corrected chi connectivity index (χ2v) is 6.88. The van der Waals surface area contributed by atoms with E-state index in [0.29, 0.717) is 29.9 Å². The van der Waals surface area contributed by atoms with Crippen LogP contribution in [0.5, 0.6) is 5.75 Å². The maximum Gasteiger partial charge on any atom is 0.162 e. The van der Waals surface area contributed by atoms with Crippen LogP contribution in [0.25, 0.3) is 10.9 Å². The molecule has 0 atom stereocenters. The summed E-state index contributed by atoms with van der Waals surface area (Å²) in [5.41, 5.74) is 1.87. The lowest BCUT2D eigenvalue weighted by Gasteiger charge is -2.34. The van der Waals surface area contributed by atoms with E-state index in [1.807, 2.05) is 27.0 Å². The van der Waals surface area contributed by atoms with Gasteiger partial charge in [-0.25, -0.2) is 0 Å². The van der Waals surface area contributed by atoms with Gasteiger partial charge in [-0.05, 0) is 26.3 Å². The van der Waals surface area contributed by atoms with Gasteiger partial charge in [0.05, 0.1) is 35.4 Å². The highest BCUT2D eigenvalue weighted by Gasteiger charge is 2.28. The van der Waals surface area contributed by atoms with Crippen LogP contribution in [0.1, 0.15) is 19.4 Å². The standard InChI is InChI=1S/C16H19Cl2NO3/c1-9-5-19-15-13(9)12(4-11(17)14(15)18)20-6-10-7-21-16(2,3)22-8-10/h4-5,10,19H,6-8H2,1-3H3. The van der Waals surface area contributed by atoms with Crippen molar-refractivity contribution in [1.82, 2.24) is 4.98 Å². The first-order valence-corrected chi connectivity index (χ1v) is 7.99. The van der Waals surface area contributed by atoms with Crippen LogP contribution in [0, 0.1) is 12.8 Å². The Morgan fingerprint density at radius 2 is 2.00 bits per heavy atom. The maximum absolute atomic E-state index is 6.23. The van der Waals surface area contributed by atoms with E-state index in [-0.39, 0.29) is 5.92 Å². The SMILES string of the molecule is Cc1c[nH]c2c(Cl)c(Cl)cc(OCC3COC(C)(C)OC3)c12. The van der Waals surface area contributed by atoms with Gasteiger partial charge in [0.25, 0.3) is 0 Å². The number of fused-ring (bicyclic) bond motifs is 1. The fraction of sp³-hybridized carbons (Fsp3) is 0.500. The summed E-state index contributed by atoms with van der Waals surface area (Å²) in [6.45, 7) is 7.57. The van der Waals surface area contributed by atoms with Gasteiger partial charge >= 0.3 is 0 Å². The van der Waals surface area contributed by atoms with Gasteiger partial charge < -0.3 is 19.2 Å². The molecule has 1 aliphatic heterocycles. The van der Waals surface area contributed by atoms with Crippen molar-refractivity contribution in [2.75, 3.05) is 19.8 Å². The van der Waals surface area contributed by atoms with Crippen molar-refractivity contribution >= 4 is 34.1 Å². The van der Waals surface area contributed by atoms with Gasteiger partial charge in [0.15, 0.2) is 5.79 Å². The molecule has 0 aliphatic carbocycles. The van der Waals surface area contributed by atoms with Crippen LogP contribution in [0.2, 0.25) is 10.0 Å². The molecule has 6 heteroatoms. The summed E-state index contributed by atoms with van der Waals surface area (Å²) in [5, 5.41) is 1.96. The van der Waals surface area contributed by atoms with Crippen molar-refractivity contribution in [2.24, 2.45) is 5.92 Å². The lowest BCUT2D eigenvalue weighted by Crippen LogP contribution is -2.41. The minimum absolute atomic E-state index is 0.191. The van der Waals surface area contributed by atoms with Gasteiger partial charge in [0.1, 0.15) is 5.75 Å². The molecule has 1 fully saturated rings. The second kappa shape index (κ2) is 5.93. The van der Waals surface area contributed by atoms with E-state index in [9.17, 15) is 0 Å². The summed E-state index contributed by atoms with van der Waals surface area (Å²) in [6.07, 6.45) is 1.90. The number of benzene rings is 1. The molecule has 120 valence electrons. The molecule has 2 heterocycles. The zero-order valence-corrected chi connectivity index (χ0v) is 14.3. The molecule has 1 N–H and O–H groups in total. The van der Waals surface area contributed by atoms with Gasteiger partial charge in [-0.1, -0.05) is 23.2 Å². The number of hydrogen-bond donors (Lipinski definition) is 1. The van der Waals surface area contributed by atoms with Crippen LogP contribution in [0.3, 0.4) is 0 Å². The van der Waals surface area contributed by atoms with Crippen molar-refractivity contribution in [3.63, 3.8) is 0 Å². The van der Waals surface area contributed by atoms with Crippen LogP contribution in [-0.4, -0.2) is 30.6 Å². The Morgan fingerprint density at radius 3 is 2.68 bits per heavy atom. The molecule has 0 bridgehead atoms. The first kappa shape index (κ1) is 15.9. The molecule has 0 unspecified atom stereocenters. The molecule has 3 rings (SSSR count). The number of nitrogens with one attached hydrogen (secondary N) is 1. The topological polar surface area (TPSA) is 43.5 Å². The molecule has 1 aliphatic rings. The van der Waals surface area contributed by atoms with Crippen molar-refractivity contribution in [3.05, 3.63) is 27.9 Å². The summed E-state index contributed by atoms with van der Waals surface area (Å²) < 4.78 is 17.3. The fourth-order valence-corrected chi connectivity index (χ4v) is 2.92. The average Bonchev–Trinajstić information content (AvgIpc) is 2.85. The number of H-pyrrole nitrogens is 1. The first-order chi connectivity index (χ1) is 10.4. The van der Waals surface area contributed by atoms with Gasteiger partial charge in [0.2, 0.25) is 0 Å². The Kier molecular flexibility index (Phi) is 4.29. The van der Waals surface area contributed by atoms with Crippen LogP contribution in [0.4, 0.5) is 0 Å². The summed E-state index contributed by atoms with van der Waals surface area (Å²) in [7, 11) is 0. The maximum atomic E-state index is 6.23. The van der Waals surface area contributed by atoms with Crippen LogP contribution >= 0.6 is 23.2 Å². The van der Waals surface area contributed by atoms with Gasteiger partial charge in [0, 0.05) is 23.6 Å². The lowest BCUT2D eigenvalue weighted by atomic mass is 10.1. The molecule has 22 heavy (non-hydrogen) atoms. The van der Waals surface area contributed by atoms with E-state index in [1.165, 1.54) is 0 Å². The second-order valence-electron chi connectivity index (χ2n) is 6.09. The smallest absolute Gasteiger partial charge is 0.162 e. The molecule has 0 spiro atoms. The summed E-state index contributed by atoms with van der Waals surface area (Å²) in [6, 6.07) is 1.77. The Morgan fingerprint density at radius 1 is 1.32 bits per heavy atom. The third-order valence-electron chi connectivity index (χ3n) is 3.82. The number of halogens is 2. The molecule has 1 saturated heterocycles. The number of aromatic amines is 1. The van der Waals surface area contributed by atoms with Crippen molar-refractivity contribution < 1.29 is 14.2 Å². The third kappa shape index (κ3) is 3.06. The monoisotopic (exact) mass is 343 g/mol. The minimum Gasteiger partial charge on any atom is -0.492 e. The highest BCUT2D eigenvalue weighted by molar-refractivity contribution is 6.45. The van der Waals surface area contributed by atoms with Gasteiger partial charge in [-0.3, -0.25) is 0 Å². The summed E-state index contributed by atoms with van der Waals surface area (Å²) in [4.78, 5) is 3.14. The Hall–Kier alpha value is -0.940. The van der Waals surface area contributed by atoms with Crippen LogP contribution < -0.4 is 4.74 Å². The lowest BCUT2D eigenvalue weighted by molar-refractivity contribution is -0.264. The zero-order chi connectivity index (χ0) is 15.9. The summed E-state index contributed by atoms with van der Waals surface area (Å²) >= 11 is 12.4. The third-order valence-corrected chi connectivity index (χ3v) is 4.61. The van der Waals surface area contributed by atoms with Gasteiger partial charge in [-0.15, -0.1) is 0 Å². The molecule has 0 amide bonds. The molecule has 0 saturated carbocycles. The molecule has 4 nitrogen and oxygen atoms in total. The molecular weight excluding hydrogens is 325 g/mol. The minimum atomic E-state index is -0.509. The molecule has 0 radical (unpaired) electrons. The molecule has 2 aromatic rings. The average molecular weight is 344 g/mol. The Bertz CT molecular complexity index is 686. The quantitative estimate of drug-likeness (QED) is 0.888. The predicted octanol–water partition coefficient (Wildman–Crippen LogP) is 4.56. The number of ether oxygens (including phenoxy) is 3. The number of hydrogen-bond acceptors (Lipinski definition) is 3. The highest BCUT2D eigenvalue weighted by atomic mass is 35.5. The molecule has 1 aromatic heterocycles. The Labute approximate surface area is 139 Å². The largest absolute Gasteiger partial charge is 0.492 e. The highest BCUT2D eigenvalue weighted by Crippen LogP contribution is 2.38. The van der Waals surface area contributed by atoms with E-state index in [1.54, 1.807) is 6.07 Å². The molecular formula is C16H19Cl2NO3. The predicted molar refractivity (Wildman–Crippen MR) is 88.0 cm³/mol. The number of rotatable bonds is 3. The summed E-state index contributed by atoms with van der Waals surface area (Å²) in [5.74, 6) is 0.412. The van der Waals surface area contributed by atoms with E-state index < -0.39 is 5.79 Å². The first-order valence-electron chi connectivity index (χ1n) is 7.24. The normalized spacial score (nSPS) is 18.8. The van der Waals surface area contributed by atoms with E-state index in [2.05, 4.69) is 4.98 Å². The van der Waals surface area contributed by atoms with Crippen molar-refractivity contribution in [2.45, 2.75) is 26.6 Å². The number of aryl methyl sites for hydroxylation is 1. The van der Waals surface area contributed by atoms with Crippen molar-refractivity contribution in [3.8, 4) is 5.75 Å². The molecule has 1 aromatic carbocycles.